The van der Waals surface area contributed by atoms with Crippen molar-refractivity contribution in [2.24, 2.45) is 5.84 Å². The number of amides is 1. The zero-order chi connectivity index (χ0) is 13.1. The summed E-state index contributed by atoms with van der Waals surface area (Å²) in [5.74, 6) is 4.79. The van der Waals surface area contributed by atoms with Gasteiger partial charge in [0, 0.05) is 24.0 Å². The van der Waals surface area contributed by atoms with Crippen LogP contribution in [0.25, 0.3) is 0 Å². The van der Waals surface area contributed by atoms with E-state index in [2.05, 4.69) is 29.2 Å². The van der Waals surface area contributed by atoms with Crippen molar-refractivity contribution in [2.75, 3.05) is 0 Å². The van der Waals surface area contributed by atoms with Gasteiger partial charge in [-0.3, -0.25) is 15.1 Å². The Morgan fingerprint density at radius 1 is 1.67 bits per heavy atom. The summed E-state index contributed by atoms with van der Waals surface area (Å²) in [4.78, 5) is 18.2. The van der Waals surface area contributed by atoms with Gasteiger partial charge >= 0.3 is 0 Å². The summed E-state index contributed by atoms with van der Waals surface area (Å²) in [6, 6.07) is 1.25. The molecule has 18 heavy (non-hydrogen) atoms. The van der Waals surface area contributed by atoms with Gasteiger partial charge in [0.2, 0.25) is 0 Å². The number of nitrogen functional groups attached to an aromatic ring is 1. The molecule has 2 heterocycles. The minimum atomic E-state index is -0.312. The molecule has 0 saturated carbocycles. The highest BCUT2D eigenvalue weighted by Crippen LogP contribution is 2.28. The predicted octanol–water partition coefficient (Wildman–Crippen LogP) is 1.51. The maximum Gasteiger partial charge on any atom is 0.294 e. The van der Waals surface area contributed by atoms with Crippen molar-refractivity contribution in [1.29, 1.82) is 0 Å². The SMILES string of the molecule is CCC1CCC(C)N1Cc1csc(C(=O)NN)n1. The van der Waals surface area contributed by atoms with Gasteiger partial charge in [-0.1, -0.05) is 6.92 Å². The molecule has 2 unspecified atom stereocenters. The van der Waals surface area contributed by atoms with Crippen LogP contribution in [-0.4, -0.2) is 27.9 Å². The van der Waals surface area contributed by atoms with Gasteiger partial charge < -0.3 is 0 Å². The van der Waals surface area contributed by atoms with Crippen LogP contribution in [0.15, 0.2) is 5.38 Å². The number of thiazole rings is 1. The normalized spacial score (nSPS) is 24.4. The number of likely N-dealkylation sites (tertiary alicyclic amines) is 1. The number of rotatable bonds is 4. The number of aromatic nitrogens is 1. The Labute approximate surface area is 111 Å². The third-order valence-electron chi connectivity index (χ3n) is 3.65. The van der Waals surface area contributed by atoms with Gasteiger partial charge in [0.25, 0.3) is 5.91 Å². The quantitative estimate of drug-likeness (QED) is 0.493. The molecule has 6 heteroatoms. The highest BCUT2D eigenvalue weighted by atomic mass is 32.1. The van der Waals surface area contributed by atoms with Crippen LogP contribution in [0.3, 0.4) is 0 Å². The first-order chi connectivity index (χ1) is 8.65. The second-order valence-electron chi connectivity index (χ2n) is 4.78. The van der Waals surface area contributed by atoms with Crippen molar-refractivity contribution in [3.05, 3.63) is 16.1 Å². The van der Waals surface area contributed by atoms with E-state index in [9.17, 15) is 4.79 Å². The monoisotopic (exact) mass is 268 g/mol. The average Bonchev–Trinajstić information content (AvgIpc) is 2.97. The lowest BCUT2D eigenvalue weighted by Crippen LogP contribution is -2.33. The smallest absolute Gasteiger partial charge is 0.292 e. The van der Waals surface area contributed by atoms with Crippen LogP contribution in [0, 0.1) is 0 Å². The summed E-state index contributed by atoms with van der Waals surface area (Å²) in [5.41, 5.74) is 3.08. The van der Waals surface area contributed by atoms with Crippen LogP contribution in [-0.2, 0) is 6.54 Å². The maximum atomic E-state index is 11.3. The molecular weight excluding hydrogens is 248 g/mol. The highest BCUT2D eigenvalue weighted by molar-refractivity contribution is 7.11. The van der Waals surface area contributed by atoms with Gasteiger partial charge in [-0.2, -0.15) is 0 Å². The molecule has 0 aromatic carbocycles. The van der Waals surface area contributed by atoms with Crippen molar-refractivity contribution >= 4 is 17.2 Å². The Morgan fingerprint density at radius 3 is 3.11 bits per heavy atom. The van der Waals surface area contributed by atoms with Gasteiger partial charge in [-0.25, -0.2) is 10.8 Å². The van der Waals surface area contributed by atoms with Crippen LogP contribution in [0.5, 0.6) is 0 Å². The summed E-state index contributed by atoms with van der Waals surface area (Å²) in [5, 5.41) is 2.38. The molecule has 1 aromatic heterocycles. The molecule has 2 atom stereocenters. The lowest BCUT2D eigenvalue weighted by molar-refractivity contribution is 0.0953. The first-order valence-electron chi connectivity index (χ1n) is 6.36. The van der Waals surface area contributed by atoms with E-state index in [1.165, 1.54) is 30.6 Å². The fourth-order valence-corrected chi connectivity index (χ4v) is 3.29. The lowest BCUT2D eigenvalue weighted by atomic mass is 10.1. The molecule has 1 fully saturated rings. The molecule has 1 aromatic rings. The van der Waals surface area contributed by atoms with E-state index in [0.29, 0.717) is 17.1 Å². The molecule has 2 rings (SSSR count). The van der Waals surface area contributed by atoms with E-state index < -0.39 is 0 Å². The van der Waals surface area contributed by atoms with Crippen LogP contribution >= 0.6 is 11.3 Å². The lowest BCUT2D eigenvalue weighted by Gasteiger charge is -2.26. The third kappa shape index (κ3) is 2.71. The van der Waals surface area contributed by atoms with Crippen molar-refractivity contribution in [2.45, 2.75) is 51.7 Å². The van der Waals surface area contributed by atoms with Gasteiger partial charge in [-0.05, 0) is 26.2 Å². The zero-order valence-corrected chi connectivity index (χ0v) is 11.7. The van der Waals surface area contributed by atoms with Crippen LogP contribution < -0.4 is 11.3 Å². The standard InChI is InChI=1S/C12H20N4OS/c1-3-10-5-4-8(2)16(10)6-9-7-18-12(14-9)11(17)15-13/h7-8,10H,3-6,13H2,1-2H3,(H,15,17). The molecule has 100 valence electrons. The minimum absolute atomic E-state index is 0.312. The first kappa shape index (κ1) is 13.5. The Hall–Kier alpha value is -0.980. The van der Waals surface area contributed by atoms with E-state index in [0.717, 1.165) is 12.2 Å². The number of hydrazine groups is 1. The third-order valence-corrected chi connectivity index (χ3v) is 4.54. The van der Waals surface area contributed by atoms with Gasteiger partial charge in [0.15, 0.2) is 5.01 Å². The fraction of sp³-hybridized carbons (Fsp3) is 0.667. The molecule has 0 aliphatic carbocycles. The number of hydrogen-bond donors (Lipinski definition) is 2. The fourth-order valence-electron chi connectivity index (χ4n) is 2.58. The number of hydrogen-bond acceptors (Lipinski definition) is 5. The van der Waals surface area contributed by atoms with E-state index in [-0.39, 0.29) is 5.91 Å². The van der Waals surface area contributed by atoms with E-state index >= 15 is 0 Å². The topological polar surface area (TPSA) is 71.2 Å². The van der Waals surface area contributed by atoms with Gasteiger partial charge in [0.1, 0.15) is 0 Å². The number of nitrogens with one attached hydrogen (secondary N) is 1. The van der Waals surface area contributed by atoms with E-state index in [1.807, 2.05) is 5.38 Å². The van der Waals surface area contributed by atoms with Crippen molar-refractivity contribution in [3.8, 4) is 0 Å². The summed E-state index contributed by atoms with van der Waals surface area (Å²) in [6.07, 6.45) is 3.68. The number of nitrogens with zero attached hydrogens (tertiary/aromatic N) is 2. The largest absolute Gasteiger partial charge is 0.294 e. The number of carbonyl (C=O) groups excluding carboxylic acids is 1. The predicted molar refractivity (Wildman–Crippen MR) is 72.1 cm³/mol. The molecule has 3 N–H and O–H groups in total. The molecule has 0 radical (unpaired) electrons. The first-order valence-corrected chi connectivity index (χ1v) is 7.24. The van der Waals surface area contributed by atoms with Crippen LogP contribution in [0.2, 0.25) is 0 Å². The zero-order valence-electron chi connectivity index (χ0n) is 10.8. The molecule has 0 spiro atoms. The molecule has 1 aliphatic rings. The van der Waals surface area contributed by atoms with Crippen LogP contribution in [0.1, 0.15) is 48.6 Å². The van der Waals surface area contributed by atoms with Gasteiger partial charge in [-0.15, -0.1) is 11.3 Å². The molecule has 5 nitrogen and oxygen atoms in total. The van der Waals surface area contributed by atoms with Gasteiger partial charge in [0.05, 0.1) is 5.69 Å². The summed E-state index contributed by atoms with van der Waals surface area (Å²) in [7, 11) is 0. The van der Waals surface area contributed by atoms with Crippen molar-refractivity contribution < 1.29 is 4.79 Å². The van der Waals surface area contributed by atoms with E-state index in [4.69, 9.17) is 5.84 Å². The van der Waals surface area contributed by atoms with E-state index in [1.54, 1.807) is 0 Å². The second kappa shape index (κ2) is 5.77. The average molecular weight is 268 g/mol. The number of nitrogens with two attached hydrogens (primary N) is 1. The second-order valence-corrected chi connectivity index (χ2v) is 5.64. The van der Waals surface area contributed by atoms with Crippen molar-refractivity contribution in [1.82, 2.24) is 15.3 Å². The molecule has 0 bridgehead atoms. The maximum absolute atomic E-state index is 11.3. The molecule has 1 amide bonds. The Morgan fingerprint density at radius 2 is 2.44 bits per heavy atom. The highest BCUT2D eigenvalue weighted by Gasteiger charge is 2.29. The summed E-state index contributed by atoms with van der Waals surface area (Å²) >= 11 is 1.35. The van der Waals surface area contributed by atoms with Crippen molar-refractivity contribution in [3.63, 3.8) is 0 Å². The molecule has 1 aliphatic heterocycles. The Bertz CT molecular complexity index is 420. The minimum Gasteiger partial charge on any atom is -0.292 e. The molecule has 1 saturated heterocycles. The molecular formula is C12H20N4OS. The van der Waals surface area contributed by atoms with Crippen LogP contribution in [0.4, 0.5) is 0 Å². The summed E-state index contributed by atoms with van der Waals surface area (Å²) in [6.45, 7) is 5.31. The Balaban J connectivity index is 2.04. The number of carbonyl (C=O) groups is 1. The Kier molecular flexibility index (Phi) is 4.31. The summed E-state index contributed by atoms with van der Waals surface area (Å²) < 4.78 is 0.